The molecule has 1 heterocycles. The Morgan fingerprint density at radius 2 is 1.83 bits per heavy atom. The van der Waals surface area contributed by atoms with E-state index in [1.807, 2.05) is 42.6 Å². The fraction of sp³-hybridized carbons (Fsp3) is 0.211. The van der Waals surface area contributed by atoms with Crippen LogP contribution in [0.15, 0.2) is 48.7 Å². The average Bonchev–Trinajstić information content (AvgIpc) is 3.12. The second-order valence-corrected chi connectivity index (χ2v) is 5.48. The smallest absolute Gasteiger partial charge is 0.339 e. The van der Waals surface area contributed by atoms with Crippen molar-refractivity contribution in [2.75, 3.05) is 14.2 Å². The van der Waals surface area contributed by atoms with Crippen molar-refractivity contribution < 1.29 is 14.3 Å². The van der Waals surface area contributed by atoms with Crippen LogP contribution in [0.4, 0.5) is 0 Å². The van der Waals surface area contributed by atoms with Gasteiger partial charge in [0.15, 0.2) is 0 Å². The van der Waals surface area contributed by atoms with Crippen LogP contribution in [0.5, 0.6) is 5.75 Å². The molecule has 24 heavy (non-hydrogen) atoms. The van der Waals surface area contributed by atoms with Crippen molar-refractivity contribution in [1.82, 2.24) is 10.3 Å². The zero-order valence-electron chi connectivity index (χ0n) is 13.8. The van der Waals surface area contributed by atoms with Crippen molar-refractivity contribution in [3.8, 4) is 5.75 Å². The van der Waals surface area contributed by atoms with Crippen LogP contribution in [0.3, 0.4) is 0 Å². The summed E-state index contributed by atoms with van der Waals surface area (Å²) in [5.74, 6) is 0.520. The Morgan fingerprint density at radius 1 is 1.04 bits per heavy atom. The van der Waals surface area contributed by atoms with Gasteiger partial charge in [0, 0.05) is 24.7 Å². The Hall–Kier alpha value is -2.79. The second-order valence-electron chi connectivity index (χ2n) is 5.48. The van der Waals surface area contributed by atoms with Gasteiger partial charge in [-0.15, -0.1) is 0 Å². The standard InChI is InChI=1S/C19H20N2O3/c1-23-15-6-3-13(4-7-15)11-20-12-14-5-8-17(19(22)24-2)18-16(14)9-10-21-18/h3-10,20-21H,11-12H2,1-2H3. The lowest BCUT2D eigenvalue weighted by Gasteiger charge is -2.09. The van der Waals surface area contributed by atoms with Crippen LogP contribution in [0.25, 0.3) is 10.9 Å². The quantitative estimate of drug-likeness (QED) is 0.683. The van der Waals surface area contributed by atoms with Crippen molar-refractivity contribution in [2.24, 2.45) is 0 Å². The number of carbonyl (C=O) groups is 1. The van der Waals surface area contributed by atoms with Crippen LogP contribution in [-0.2, 0) is 17.8 Å². The number of methoxy groups -OCH3 is 2. The molecule has 0 saturated carbocycles. The third-order valence-corrected chi connectivity index (χ3v) is 4.02. The summed E-state index contributed by atoms with van der Waals surface area (Å²) < 4.78 is 9.99. The van der Waals surface area contributed by atoms with Gasteiger partial charge in [-0.1, -0.05) is 18.2 Å². The van der Waals surface area contributed by atoms with Crippen LogP contribution in [0.1, 0.15) is 21.5 Å². The van der Waals surface area contributed by atoms with Gasteiger partial charge in [-0.05, 0) is 35.4 Å². The Kier molecular flexibility index (Phi) is 4.82. The molecule has 0 aliphatic carbocycles. The molecule has 3 rings (SSSR count). The van der Waals surface area contributed by atoms with Crippen LogP contribution >= 0.6 is 0 Å². The number of carbonyl (C=O) groups excluding carboxylic acids is 1. The number of benzene rings is 2. The number of hydrogen-bond acceptors (Lipinski definition) is 4. The molecule has 5 heteroatoms. The van der Waals surface area contributed by atoms with Gasteiger partial charge in [0.1, 0.15) is 5.75 Å². The highest BCUT2D eigenvalue weighted by molar-refractivity contribution is 6.03. The van der Waals surface area contributed by atoms with Crippen molar-refractivity contribution in [1.29, 1.82) is 0 Å². The number of ether oxygens (including phenoxy) is 2. The number of nitrogens with one attached hydrogen (secondary N) is 2. The van der Waals surface area contributed by atoms with E-state index in [9.17, 15) is 4.79 Å². The molecule has 5 nitrogen and oxygen atoms in total. The highest BCUT2D eigenvalue weighted by atomic mass is 16.5. The Morgan fingerprint density at radius 3 is 2.54 bits per heavy atom. The number of aromatic nitrogens is 1. The maximum Gasteiger partial charge on any atom is 0.339 e. The molecule has 0 saturated heterocycles. The number of aromatic amines is 1. The third kappa shape index (κ3) is 3.26. The van der Waals surface area contributed by atoms with E-state index in [2.05, 4.69) is 10.3 Å². The zero-order valence-corrected chi connectivity index (χ0v) is 13.8. The maximum absolute atomic E-state index is 11.8. The largest absolute Gasteiger partial charge is 0.497 e. The number of fused-ring (bicyclic) bond motifs is 1. The monoisotopic (exact) mass is 324 g/mol. The molecule has 0 aliphatic heterocycles. The fourth-order valence-electron chi connectivity index (χ4n) is 2.74. The molecule has 3 aromatic rings. The van der Waals surface area contributed by atoms with E-state index in [1.54, 1.807) is 13.2 Å². The van der Waals surface area contributed by atoms with Crippen LogP contribution in [0.2, 0.25) is 0 Å². The molecular formula is C19H20N2O3. The lowest BCUT2D eigenvalue weighted by atomic mass is 10.1. The highest BCUT2D eigenvalue weighted by Crippen LogP contribution is 2.22. The summed E-state index contributed by atoms with van der Waals surface area (Å²) in [5.41, 5.74) is 3.68. The van der Waals surface area contributed by atoms with Crippen molar-refractivity contribution in [3.05, 3.63) is 65.4 Å². The Labute approximate surface area is 140 Å². The number of rotatable bonds is 6. The van der Waals surface area contributed by atoms with Crippen LogP contribution in [0, 0.1) is 0 Å². The molecule has 0 radical (unpaired) electrons. The van der Waals surface area contributed by atoms with E-state index in [0.29, 0.717) is 12.1 Å². The van der Waals surface area contributed by atoms with E-state index < -0.39 is 0 Å². The predicted molar refractivity (Wildman–Crippen MR) is 93.2 cm³/mol. The average molecular weight is 324 g/mol. The summed E-state index contributed by atoms with van der Waals surface area (Å²) in [5, 5.41) is 4.46. The summed E-state index contributed by atoms with van der Waals surface area (Å²) in [4.78, 5) is 14.9. The number of esters is 1. The lowest BCUT2D eigenvalue weighted by Crippen LogP contribution is -2.13. The molecule has 0 bridgehead atoms. The summed E-state index contributed by atoms with van der Waals surface area (Å²) in [7, 11) is 3.05. The van der Waals surface area contributed by atoms with Crippen molar-refractivity contribution >= 4 is 16.9 Å². The Bertz CT molecular complexity index is 837. The summed E-state index contributed by atoms with van der Waals surface area (Å²) >= 11 is 0. The van der Waals surface area contributed by atoms with E-state index >= 15 is 0 Å². The van der Waals surface area contributed by atoms with E-state index in [4.69, 9.17) is 9.47 Å². The van der Waals surface area contributed by atoms with E-state index in [-0.39, 0.29) is 5.97 Å². The van der Waals surface area contributed by atoms with Crippen molar-refractivity contribution in [2.45, 2.75) is 13.1 Å². The van der Waals surface area contributed by atoms with Gasteiger partial charge in [-0.2, -0.15) is 0 Å². The molecule has 0 unspecified atom stereocenters. The molecular weight excluding hydrogens is 304 g/mol. The topological polar surface area (TPSA) is 63.4 Å². The van der Waals surface area contributed by atoms with E-state index in [1.165, 1.54) is 12.7 Å². The summed E-state index contributed by atoms with van der Waals surface area (Å²) in [6.07, 6.45) is 1.84. The molecule has 0 amide bonds. The molecule has 0 spiro atoms. The first-order valence-electron chi connectivity index (χ1n) is 7.74. The van der Waals surface area contributed by atoms with E-state index in [0.717, 1.165) is 28.8 Å². The SMILES string of the molecule is COC(=O)c1ccc(CNCc2ccc(OC)cc2)c2cc[nH]c12. The molecule has 1 aromatic heterocycles. The highest BCUT2D eigenvalue weighted by Gasteiger charge is 2.13. The van der Waals surface area contributed by atoms with Crippen LogP contribution < -0.4 is 10.1 Å². The zero-order chi connectivity index (χ0) is 16.9. The molecule has 0 atom stereocenters. The van der Waals surface area contributed by atoms with Gasteiger partial charge in [-0.25, -0.2) is 4.79 Å². The minimum atomic E-state index is -0.333. The van der Waals surface area contributed by atoms with Gasteiger partial charge in [0.2, 0.25) is 0 Å². The fourth-order valence-corrected chi connectivity index (χ4v) is 2.74. The van der Waals surface area contributed by atoms with Gasteiger partial charge in [0.25, 0.3) is 0 Å². The second kappa shape index (κ2) is 7.19. The lowest BCUT2D eigenvalue weighted by molar-refractivity contribution is 0.0603. The maximum atomic E-state index is 11.8. The first-order valence-corrected chi connectivity index (χ1v) is 7.74. The summed E-state index contributed by atoms with van der Waals surface area (Å²) in [6.45, 7) is 1.47. The first-order chi connectivity index (χ1) is 11.7. The molecule has 2 N–H and O–H groups in total. The molecule has 2 aromatic carbocycles. The summed E-state index contributed by atoms with van der Waals surface area (Å²) in [6, 6.07) is 13.7. The number of H-pyrrole nitrogens is 1. The molecule has 0 fully saturated rings. The van der Waals surface area contributed by atoms with Gasteiger partial charge in [-0.3, -0.25) is 0 Å². The normalized spacial score (nSPS) is 10.8. The molecule has 124 valence electrons. The van der Waals surface area contributed by atoms with Gasteiger partial charge >= 0.3 is 5.97 Å². The van der Waals surface area contributed by atoms with Gasteiger partial charge < -0.3 is 19.8 Å². The minimum Gasteiger partial charge on any atom is -0.497 e. The Balaban J connectivity index is 1.71. The van der Waals surface area contributed by atoms with Gasteiger partial charge in [0.05, 0.1) is 25.3 Å². The minimum absolute atomic E-state index is 0.333. The van der Waals surface area contributed by atoms with Crippen molar-refractivity contribution in [3.63, 3.8) is 0 Å². The first kappa shape index (κ1) is 16.1. The molecule has 0 aliphatic rings. The third-order valence-electron chi connectivity index (χ3n) is 4.02. The predicted octanol–water partition coefficient (Wildman–Crippen LogP) is 3.25. The number of hydrogen-bond donors (Lipinski definition) is 2. The van der Waals surface area contributed by atoms with Crippen LogP contribution in [-0.4, -0.2) is 25.2 Å².